The monoisotopic (exact) mass is 1100 g/mol. The van der Waals surface area contributed by atoms with Crippen molar-refractivity contribution in [3.05, 3.63) is 243 Å². The maximum atomic E-state index is 12.5. The quantitative estimate of drug-likeness (QED) is 0.0138. The van der Waals surface area contributed by atoms with Crippen LogP contribution in [-0.2, 0) is 28.6 Å². The van der Waals surface area contributed by atoms with Crippen molar-refractivity contribution < 1.29 is 57.4 Å². The number of nitrogens with zero attached hydrogens (tertiary/aromatic N) is 1. The number of nitrogens with one attached hydrogen (secondary N) is 1. The lowest BCUT2D eigenvalue weighted by Gasteiger charge is -2.20. The zero-order valence-corrected chi connectivity index (χ0v) is 45.9. The van der Waals surface area contributed by atoms with Crippen molar-refractivity contribution >= 4 is 24.1 Å². The number of isocyanates is 1. The van der Waals surface area contributed by atoms with Crippen molar-refractivity contribution in [3.63, 3.8) is 0 Å². The summed E-state index contributed by atoms with van der Waals surface area (Å²) in [7, 11) is 0. The third kappa shape index (κ3) is 21.3. The molecule has 2 N–H and O–H groups in total. The lowest BCUT2D eigenvalue weighted by molar-refractivity contribution is -0.139. The molecule has 8 aromatic carbocycles. The number of hydrogen-bond donors (Lipinski definition) is 2. The largest absolute Gasteiger partial charge is 0.491 e. The molecule has 14 heteroatoms. The summed E-state index contributed by atoms with van der Waals surface area (Å²) < 4.78 is 39.0. The summed E-state index contributed by atoms with van der Waals surface area (Å²) in [6.07, 6.45) is -0.809. The molecule has 2 unspecified atom stereocenters. The summed E-state index contributed by atoms with van der Waals surface area (Å²) in [5, 5.41) is 12.9. The molecule has 8 rings (SSSR count). The minimum absolute atomic E-state index is 0.00330. The number of carbonyl (C=O) groups excluding carboxylic acids is 4. The van der Waals surface area contributed by atoms with E-state index in [4.69, 9.17) is 28.4 Å². The van der Waals surface area contributed by atoms with Crippen molar-refractivity contribution in [1.29, 1.82) is 0 Å². The van der Waals surface area contributed by atoms with Crippen LogP contribution in [-0.4, -0.2) is 94.2 Å². The highest BCUT2D eigenvalue weighted by molar-refractivity contribution is 5.87. The maximum absolute atomic E-state index is 12.5. The number of benzene rings is 8. The van der Waals surface area contributed by atoms with Gasteiger partial charge in [0.25, 0.3) is 0 Å². The average molecular weight is 1100 g/mol. The van der Waals surface area contributed by atoms with Gasteiger partial charge >= 0.3 is 18.0 Å². The van der Waals surface area contributed by atoms with Gasteiger partial charge in [-0.3, -0.25) is 0 Å². The van der Waals surface area contributed by atoms with Crippen molar-refractivity contribution in [2.75, 3.05) is 52.7 Å². The van der Waals surface area contributed by atoms with Crippen molar-refractivity contribution in [1.82, 2.24) is 5.32 Å². The van der Waals surface area contributed by atoms with Crippen LogP contribution in [0.2, 0.25) is 0 Å². The lowest BCUT2D eigenvalue weighted by Crippen LogP contribution is -2.37. The van der Waals surface area contributed by atoms with E-state index in [1.165, 1.54) is 6.08 Å². The third-order valence-electron chi connectivity index (χ3n) is 11.7. The number of para-hydroxylation sites is 2. The van der Waals surface area contributed by atoms with Gasteiger partial charge in [0, 0.05) is 22.3 Å². The number of aliphatic imine (C=N–C) groups is 1. The summed E-state index contributed by atoms with van der Waals surface area (Å²) in [6, 6.07) is 71.3. The van der Waals surface area contributed by atoms with E-state index in [9.17, 15) is 24.3 Å². The summed E-state index contributed by atoms with van der Waals surface area (Å²) in [5.74, 6) is 1.77. The van der Waals surface area contributed by atoms with Gasteiger partial charge in [0.1, 0.15) is 68.7 Å². The minimum atomic E-state index is -0.734. The van der Waals surface area contributed by atoms with Crippen LogP contribution in [0, 0.1) is 0 Å². The van der Waals surface area contributed by atoms with Crippen LogP contribution in [0.15, 0.2) is 248 Å². The Bertz CT molecular complexity index is 3280. The number of hydrogen-bond acceptors (Lipinski definition) is 13. The Morgan fingerprint density at radius 3 is 1.29 bits per heavy atom. The first kappa shape index (κ1) is 61.2. The molecule has 0 bridgehead atoms. The number of amides is 1. The molecule has 0 saturated carbocycles. The van der Waals surface area contributed by atoms with Gasteiger partial charge in [0.2, 0.25) is 6.08 Å². The number of carbonyl (C=O) groups is 3. The van der Waals surface area contributed by atoms with Gasteiger partial charge in [-0.15, -0.1) is 0 Å². The highest BCUT2D eigenvalue weighted by Crippen LogP contribution is 2.31. The van der Waals surface area contributed by atoms with Gasteiger partial charge < -0.3 is 43.6 Å². The van der Waals surface area contributed by atoms with Gasteiger partial charge in [-0.1, -0.05) is 195 Å². The molecule has 0 radical (unpaired) electrons. The molecule has 0 aromatic heterocycles. The fourth-order valence-electron chi connectivity index (χ4n) is 7.53. The van der Waals surface area contributed by atoms with Crippen LogP contribution < -0.4 is 24.3 Å². The molecule has 0 heterocycles. The number of aliphatic hydroxyl groups is 1. The van der Waals surface area contributed by atoms with Crippen LogP contribution in [0.25, 0.3) is 44.5 Å². The maximum Gasteiger partial charge on any atom is 0.407 e. The Labute approximate surface area is 478 Å². The van der Waals surface area contributed by atoms with Gasteiger partial charge in [-0.05, 0) is 83.6 Å². The SMILES string of the molecule is C=C(C)C(=O)OCCN=C=O.C=C(C)C(=O)OCCNC(=O)OC(COc1ccc(-c2ccccc2)cc1)COc1ccccc1-c1ccccc1.OC(COc1ccc(-c2ccccc2)cc1)COc1ccccc1-c1ccccc1. The van der Waals surface area contributed by atoms with E-state index in [2.05, 4.69) is 40.3 Å². The van der Waals surface area contributed by atoms with Crippen molar-refractivity contribution in [3.8, 4) is 67.5 Å². The second-order valence-electron chi connectivity index (χ2n) is 18.2. The van der Waals surface area contributed by atoms with Crippen LogP contribution in [0.5, 0.6) is 23.0 Å². The molecule has 420 valence electrons. The minimum Gasteiger partial charge on any atom is -0.491 e. The van der Waals surface area contributed by atoms with E-state index in [1.54, 1.807) is 13.8 Å². The van der Waals surface area contributed by atoms with Crippen LogP contribution in [0.1, 0.15) is 13.8 Å². The topological polar surface area (TPSA) is 178 Å². The average Bonchev–Trinajstić information content (AvgIpc) is 3.63. The van der Waals surface area contributed by atoms with E-state index in [1.807, 2.05) is 206 Å². The van der Waals surface area contributed by atoms with Gasteiger partial charge in [-0.2, -0.15) is 0 Å². The smallest absolute Gasteiger partial charge is 0.407 e. The fourth-order valence-corrected chi connectivity index (χ4v) is 7.53. The standard InChI is InChI=1S/C34H33NO6.C27H24O3.C7H9NO3/c1-25(2)33(36)38-22-21-35-34(37)41-30(23-39-29-19-17-27(18-20-29)26-11-5-3-6-12-26)24-40-32-16-10-9-15-31(32)28-13-7-4-8-14-28;28-24(19-29-25-17-15-22(16-18-25)21-9-3-1-4-10-21)20-30-27-14-8-7-13-26(27)23-11-5-2-6-12-23;1-6(2)7(10)11-4-3-8-5-9/h3-20,30H,1,21-24H2,2H3,(H,35,37);1-18,24,28H,19-20H2;1,3-4H2,2H3. The molecule has 0 spiro atoms. The van der Waals surface area contributed by atoms with Crippen molar-refractivity contribution in [2.24, 2.45) is 4.99 Å². The normalized spacial score (nSPS) is 10.9. The van der Waals surface area contributed by atoms with Crippen LogP contribution in [0.4, 0.5) is 4.79 Å². The molecular weight excluding hydrogens is 1040 g/mol. The molecular formula is C68H66N2O12. The highest BCUT2D eigenvalue weighted by atomic mass is 16.6. The molecule has 14 nitrogen and oxygen atoms in total. The van der Waals surface area contributed by atoms with Crippen LogP contribution >= 0.6 is 0 Å². The first-order valence-corrected chi connectivity index (χ1v) is 26.4. The summed E-state index contributed by atoms with van der Waals surface area (Å²) in [4.78, 5) is 47.4. The summed E-state index contributed by atoms with van der Waals surface area (Å²) in [6.45, 7) is 10.8. The molecule has 1 amide bonds. The summed E-state index contributed by atoms with van der Waals surface area (Å²) in [5.41, 5.74) is 9.11. The predicted molar refractivity (Wildman–Crippen MR) is 318 cm³/mol. The Hall–Kier alpha value is -10.0. The number of rotatable bonds is 25. The number of ether oxygens (including phenoxy) is 7. The number of alkyl carbamates (subject to hydrolysis) is 1. The van der Waals surface area contributed by atoms with E-state index >= 15 is 0 Å². The van der Waals surface area contributed by atoms with E-state index in [0.717, 1.165) is 56.0 Å². The third-order valence-corrected chi connectivity index (χ3v) is 11.7. The molecule has 2 atom stereocenters. The van der Waals surface area contributed by atoms with Gasteiger partial charge in [0.15, 0.2) is 6.10 Å². The van der Waals surface area contributed by atoms with Crippen molar-refractivity contribution in [2.45, 2.75) is 26.1 Å². The van der Waals surface area contributed by atoms with E-state index < -0.39 is 30.2 Å². The summed E-state index contributed by atoms with van der Waals surface area (Å²) >= 11 is 0. The molecule has 8 aromatic rings. The zero-order chi connectivity index (χ0) is 58.2. The molecule has 0 aliphatic rings. The molecule has 82 heavy (non-hydrogen) atoms. The number of aliphatic hydroxyl groups excluding tert-OH is 1. The first-order valence-electron chi connectivity index (χ1n) is 26.4. The second kappa shape index (κ2) is 34.1. The molecule has 0 saturated heterocycles. The Morgan fingerprint density at radius 2 is 0.841 bits per heavy atom. The zero-order valence-electron chi connectivity index (χ0n) is 45.9. The highest BCUT2D eigenvalue weighted by Gasteiger charge is 2.19. The van der Waals surface area contributed by atoms with E-state index in [-0.39, 0.29) is 58.3 Å². The van der Waals surface area contributed by atoms with Gasteiger partial charge in [-0.25, -0.2) is 24.2 Å². The Kier molecular flexibility index (Phi) is 25.5. The Balaban J connectivity index is 0.000000230. The predicted octanol–water partition coefficient (Wildman–Crippen LogP) is 13.0. The van der Waals surface area contributed by atoms with E-state index in [0.29, 0.717) is 17.1 Å². The molecule has 0 aliphatic heterocycles. The second-order valence-corrected chi connectivity index (χ2v) is 18.2. The lowest BCUT2D eigenvalue weighted by atomic mass is 10.1. The number of esters is 2. The first-order chi connectivity index (χ1) is 40.0. The molecule has 0 fully saturated rings. The molecule has 0 aliphatic carbocycles. The fraction of sp³-hybridized carbons (Fsp3) is 0.176. The van der Waals surface area contributed by atoms with Crippen LogP contribution in [0.3, 0.4) is 0 Å². The Morgan fingerprint density at radius 1 is 0.476 bits per heavy atom. The van der Waals surface area contributed by atoms with Gasteiger partial charge in [0.05, 0.1) is 13.1 Å².